The second-order valence-electron chi connectivity index (χ2n) is 4.03. The third-order valence-corrected chi connectivity index (χ3v) is 3.25. The SMILES string of the molecule is COc1ccc(N)c(NC(=O)c2cc(Cl)ccc2Cl)c1. The van der Waals surface area contributed by atoms with E-state index in [2.05, 4.69) is 5.32 Å². The molecule has 0 aliphatic carbocycles. The largest absolute Gasteiger partial charge is 0.497 e. The van der Waals surface area contributed by atoms with Crippen molar-refractivity contribution in [3.8, 4) is 5.75 Å². The monoisotopic (exact) mass is 310 g/mol. The van der Waals surface area contributed by atoms with Crippen molar-refractivity contribution in [2.24, 2.45) is 0 Å². The normalized spacial score (nSPS) is 10.2. The first kappa shape index (κ1) is 14.5. The summed E-state index contributed by atoms with van der Waals surface area (Å²) in [5.41, 5.74) is 6.97. The van der Waals surface area contributed by atoms with Crippen LogP contribution in [0.25, 0.3) is 0 Å². The summed E-state index contributed by atoms with van der Waals surface area (Å²) in [5.74, 6) is 0.198. The molecule has 6 heteroatoms. The van der Waals surface area contributed by atoms with Crippen molar-refractivity contribution in [3.63, 3.8) is 0 Å². The number of carbonyl (C=O) groups is 1. The molecule has 0 radical (unpaired) electrons. The zero-order valence-electron chi connectivity index (χ0n) is 10.6. The lowest BCUT2D eigenvalue weighted by Crippen LogP contribution is -2.13. The number of nitrogen functional groups attached to an aromatic ring is 1. The van der Waals surface area contributed by atoms with Crippen LogP contribution in [0.4, 0.5) is 11.4 Å². The molecule has 1 amide bonds. The summed E-state index contributed by atoms with van der Waals surface area (Å²) < 4.78 is 5.09. The maximum absolute atomic E-state index is 12.2. The van der Waals surface area contributed by atoms with E-state index in [1.807, 2.05) is 0 Å². The van der Waals surface area contributed by atoms with Gasteiger partial charge in [-0.2, -0.15) is 0 Å². The quantitative estimate of drug-likeness (QED) is 0.847. The molecule has 0 fully saturated rings. The van der Waals surface area contributed by atoms with E-state index in [0.717, 1.165) is 0 Å². The Bertz CT molecular complexity index is 660. The Morgan fingerprint density at radius 3 is 2.65 bits per heavy atom. The van der Waals surface area contributed by atoms with Gasteiger partial charge >= 0.3 is 0 Å². The second kappa shape index (κ2) is 6.03. The summed E-state index contributed by atoms with van der Waals surface area (Å²) in [7, 11) is 1.53. The minimum absolute atomic E-state index is 0.279. The van der Waals surface area contributed by atoms with Crippen molar-refractivity contribution in [2.75, 3.05) is 18.2 Å². The number of hydrogen-bond donors (Lipinski definition) is 2. The molecule has 0 heterocycles. The van der Waals surface area contributed by atoms with E-state index in [-0.39, 0.29) is 5.56 Å². The fourth-order valence-corrected chi connectivity index (χ4v) is 2.01. The number of benzene rings is 2. The van der Waals surface area contributed by atoms with Crippen LogP contribution in [-0.2, 0) is 0 Å². The van der Waals surface area contributed by atoms with Gasteiger partial charge in [0, 0.05) is 11.1 Å². The summed E-state index contributed by atoms with van der Waals surface area (Å²) in [6, 6.07) is 9.65. The van der Waals surface area contributed by atoms with E-state index in [1.54, 1.807) is 30.3 Å². The number of methoxy groups -OCH3 is 1. The van der Waals surface area contributed by atoms with Crippen LogP contribution in [0.15, 0.2) is 36.4 Å². The van der Waals surface area contributed by atoms with Gasteiger partial charge in [0.1, 0.15) is 5.75 Å². The lowest BCUT2D eigenvalue weighted by Gasteiger charge is -2.11. The first-order valence-corrected chi connectivity index (χ1v) is 6.47. The first-order valence-electron chi connectivity index (χ1n) is 5.71. The highest BCUT2D eigenvalue weighted by Gasteiger charge is 2.13. The summed E-state index contributed by atoms with van der Waals surface area (Å²) in [6.07, 6.45) is 0. The number of hydrogen-bond acceptors (Lipinski definition) is 3. The van der Waals surface area contributed by atoms with Gasteiger partial charge in [-0.05, 0) is 30.3 Å². The van der Waals surface area contributed by atoms with Gasteiger partial charge in [0.15, 0.2) is 0 Å². The highest BCUT2D eigenvalue weighted by molar-refractivity contribution is 6.36. The number of halogens is 2. The predicted octanol–water partition coefficient (Wildman–Crippen LogP) is 3.84. The van der Waals surface area contributed by atoms with Gasteiger partial charge in [-0.3, -0.25) is 4.79 Å². The molecule has 20 heavy (non-hydrogen) atoms. The molecular weight excluding hydrogens is 299 g/mol. The van der Waals surface area contributed by atoms with Crippen LogP contribution in [0, 0.1) is 0 Å². The Balaban J connectivity index is 2.30. The third kappa shape index (κ3) is 3.15. The molecule has 0 aliphatic rings. The number of anilines is 2. The molecule has 0 spiro atoms. The molecular formula is C14H12Cl2N2O2. The van der Waals surface area contributed by atoms with Crippen molar-refractivity contribution in [1.29, 1.82) is 0 Å². The average Bonchev–Trinajstić information content (AvgIpc) is 2.43. The summed E-state index contributed by atoms with van der Waals surface area (Å²) >= 11 is 11.8. The Kier molecular flexibility index (Phi) is 4.37. The fourth-order valence-electron chi connectivity index (χ4n) is 1.63. The molecule has 0 bridgehead atoms. The molecule has 0 saturated heterocycles. The van der Waals surface area contributed by atoms with E-state index in [4.69, 9.17) is 33.7 Å². The number of carbonyl (C=O) groups excluding carboxylic acids is 1. The summed E-state index contributed by atoms with van der Waals surface area (Å²) in [4.78, 5) is 12.2. The molecule has 0 saturated carbocycles. The topological polar surface area (TPSA) is 64.3 Å². The zero-order chi connectivity index (χ0) is 14.7. The molecule has 104 valence electrons. The van der Waals surface area contributed by atoms with Crippen LogP contribution in [0.3, 0.4) is 0 Å². The number of rotatable bonds is 3. The van der Waals surface area contributed by atoms with Crippen molar-refractivity contribution in [1.82, 2.24) is 0 Å². The molecule has 0 unspecified atom stereocenters. The van der Waals surface area contributed by atoms with Crippen molar-refractivity contribution in [3.05, 3.63) is 52.0 Å². The van der Waals surface area contributed by atoms with Crippen LogP contribution in [0.5, 0.6) is 5.75 Å². The van der Waals surface area contributed by atoms with Crippen LogP contribution in [0.1, 0.15) is 10.4 Å². The van der Waals surface area contributed by atoms with E-state index in [1.165, 1.54) is 13.2 Å². The van der Waals surface area contributed by atoms with Gasteiger partial charge in [0.25, 0.3) is 5.91 Å². The Morgan fingerprint density at radius 2 is 1.95 bits per heavy atom. The molecule has 3 N–H and O–H groups in total. The second-order valence-corrected chi connectivity index (χ2v) is 4.88. The van der Waals surface area contributed by atoms with E-state index < -0.39 is 5.91 Å². The maximum atomic E-state index is 12.2. The van der Waals surface area contributed by atoms with Crippen molar-refractivity contribution < 1.29 is 9.53 Å². The highest BCUT2D eigenvalue weighted by atomic mass is 35.5. The Morgan fingerprint density at radius 1 is 1.20 bits per heavy atom. The average molecular weight is 311 g/mol. The van der Waals surface area contributed by atoms with E-state index in [0.29, 0.717) is 27.2 Å². The van der Waals surface area contributed by atoms with Gasteiger partial charge in [-0.1, -0.05) is 23.2 Å². The van der Waals surface area contributed by atoms with Crippen LogP contribution < -0.4 is 15.8 Å². The van der Waals surface area contributed by atoms with E-state index >= 15 is 0 Å². The van der Waals surface area contributed by atoms with Gasteiger partial charge < -0.3 is 15.8 Å². The maximum Gasteiger partial charge on any atom is 0.257 e. The third-order valence-electron chi connectivity index (χ3n) is 2.68. The molecule has 0 aliphatic heterocycles. The fraction of sp³-hybridized carbons (Fsp3) is 0.0714. The first-order chi connectivity index (χ1) is 9.51. The van der Waals surface area contributed by atoms with Crippen LogP contribution in [0.2, 0.25) is 10.0 Å². The molecule has 0 aromatic heterocycles. The van der Waals surface area contributed by atoms with Gasteiger partial charge in [0.05, 0.1) is 29.1 Å². The Hall–Kier alpha value is -1.91. The van der Waals surface area contributed by atoms with Crippen LogP contribution >= 0.6 is 23.2 Å². The zero-order valence-corrected chi connectivity index (χ0v) is 12.1. The molecule has 2 aromatic rings. The number of amides is 1. The summed E-state index contributed by atoms with van der Waals surface area (Å²) in [5, 5.41) is 3.42. The Labute approximate surface area is 126 Å². The minimum atomic E-state index is -0.391. The number of nitrogens with two attached hydrogens (primary N) is 1. The molecule has 0 atom stereocenters. The molecule has 2 aromatic carbocycles. The van der Waals surface area contributed by atoms with E-state index in [9.17, 15) is 4.79 Å². The number of ether oxygens (including phenoxy) is 1. The lowest BCUT2D eigenvalue weighted by atomic mass is 10.2. The van der Waals surface area contributed by atoms with Crippen molar-refractivity contribution in [2.45, 2.75) is 0 Å². The van der Waals surface area contributed by atoms with Gasteiger partial charge in [-0.15, -0.1) is 0 Å². The van der Waals surface area contributed by atoms with Gasteiger partial charge in [0.2, 0.25) is 0 Å². The smallest absolute Gasteiger partial charge is 0.257 e. The predicted molar refractivity (Wildman–Crippen MR) is 81.8 cm³/mol. The van der Waals surface area contributed by atoms with Gasteiger partial charge in [-0.25, -0.2) is 0 Å². The van der Waals surface area contributed by atoms with Crippen LogP contribution in [-0.4, -0.2) is 13.0 Å². The molecule has 2 rings (SSSR count). The standard InChI is InChI=1S/C14H12Cl2N2O2/c1-20-9-3-5-12(17)13(7-9)18-14(19)10-6-8(15)2-4-11(10)16/h2-7H,17H2,1H3,(H,18,19). The summed E-state index contributed by atoms with van der Waals surface area (Å²) in [6.45, 7) is 0. The lowest BCUT2D eigenvalue weighted by molar-refractivity contribution is 0.102. The highest BCUT2D eigenvalue weighted by Crippen LogP contribution is 2.26. The minimum Gasteiger partial charge on any atom is -0.497 e. The molecule has 4 nitrogen and oxygen atoms in total. The van der Waals surface area contributed by atoms with Crippen molar-refractivity contribution >= 4 is 40.5 Å². The number of nitrogens with one attached hydrogen (secondary N) is 1.